The van der Waals surface area contributed by atoms with E-state index in [-0.39, 0.29) is 6.61 Å². The van der Waals surface area contributed by atoms with Gasteiger partial charge >= 0.3 is 0 Å². The summed E-state index contributed by atoms with van der Waals surface area (Å²) in [5, 5.41) is 8.95. The quantitative estimate of drug-likeness (QED) is 0.109. The SMILES string of the molecule is CC(=CCO)CCC=C(C)CCC=C(C)CCC=C(C)CCC=C(C)CCCC(C)CCCC(C)CCCC(C)C. The average Bonchev–Trinajstić information content (AvgIpc) is 2.88. The minimum Gasteiger partial charge on any atom is -0.392 e. The van der Waals surface area contributed by atoms with Gasteiger partial charge in [0.2, 0.25) is 0 Å². The first-order chi connectivity index (χ1) is 19.5. The van der Waals surface area contributed by atoms with Crippen LogP contribution < -0.4 is 0 Å². The first-order valence-corrected chi connectivity index (χ1v) is 17.4. The first-order valence-electron chi connectivity index (χ1n) is 17.4. The van der Waals surface area contributed by atoms with Crippen LogP contribution in [0, 0.1) is 17.8 Å². The van der Waals surface area contributed by atoms with Crippen molar-refractivity contribution < 1.29 is 5.11 Å². The maximum atomic E-state index is 8.95. The molecule has 0 aliphatic heterocycles. The molecule has 0 aromatic rings. The minimum atomic E-state index is 0.155. The summed E-state index contributed by atoms with van der Waals surface area (Å²) in [5.74, 6) is 2.65. The standard InChI is InChI=1S/C40H72O/c1-33(2)17-10-18-34(3)19-11-20-35(4)21-12-22-36(5)23-13-24-37(6)25-14-26-38(7)27-15-28-39(8)29-16-30-40(9)31-32-41/h23,25,27,29,31,33-35,41H,10-22,24,26,28,30,32H2,1-9H3. The van der Waals surface area contributed by atoms with Crippen molar-refractivity contribution >= 4 is 0 Å². The monoisotopic (exact) mass is 569 g/mol. The number of aliphatic hydroxyl groups is 1. The Morgan fingerprint density at radius 2 is 0.756 bits per heavy atom. The third-order valence-electron chi connectivity index (χ3n) is 8.71. The van der Waals surface area contributed by atoms with Gasteiger partial charge in [-0.2, -0.15) is 0 Å². The number of aliphatic hydroxyl groups excluding tert-OH is 1. The van der Waals surface area contributed by atoms with Gasteiger partial charge in [0.15, 0.2) is 0 Å². The van der Waals surface area contributed by atoms with E-state index in [1.165, 1.54) is 93.8 Å². The summed E-state index contributed by atoms with van der Waals surface area (Å²) in [6, 6.07) is 0. The Labute approximate surface area is 258 Å². The van der Waals surface area contributed by atoms with Crippen LogP contribution in [0.1, 0.15) is 171 Å². The predicted molar refractivity (Wildman–Crippen MR) is 188 cm³/mol. The van der Waals surface area contributed by atoms with Crippen LogP contribution in [0.5, 0.6) is 0 Å². The van der Waals surface area contributed by atoms with Gasteiger partial charge in [-0.05, 0) is 117 Å². The lowest BCUT2D eigenvalue weighted by atomic mass is 9.91. The zero-order valence-electron chi connectivity index (χ0n) is 29.3. The van der Waals surface area contributed by atoms with Crippen LogP contribution >= 0.6 is 0 Å². The van der Waals surface area contributed by atoms with Gasteiger partial charge in [-0.25, -0.2) is 0 Å². The summed E-state index contributed by atoms with van der Waals surface area (Å²) in [4.78, 5) is 0. The van der Waals surface area contributed by atoms with Gasteiger partial charge in [-0.15, -0.1) is 0 Å². The summed E-state index contributed by atoms with van der Waals surface area (Å²) in [7, 11) is 0. The third kappa shape index (κ3) is 27.3. The van der Waals surface area contributed by atoms with Gasteiger partial charge in [-0.3, -0.25) is 0 Å². The molecule has 0 heterocycles. The van der Waals surface area contributed by atoms with Crippen LogP contribution in [-0.4, -0.2) is 11.7 Å². The van der Waals surface area contributed by atoms with Crippen LogP contribution in [0.2, 0.25) is 0 Å². The van der Waals surface area contributed by atoms with Crippen molar-refractivity contribution in [3.8, 4) is 0 Å². The van der Waals surface area contributed by atoms with Crippen molar-refractivity contribution in [3.05, 3.63) is 58.2 Å². The highest BCUT2D eigenvalue weighted by Crippen LogP contribution is 2.22. The Hall–Kier alpha value is -1.34. The molecular weight excluding hydrogens is 496 g/mol. The van der Waals surface area contributed by atoms with Crippen LogP contribution in [0.3, 0.4) is 0 Å². The molecule has 1 nitrogen and oxygen atoms in total. The second-order valence-electron chi connectivity index (χ2n) is 13.9. The molecule has 238 valence electrons. The molecule has 0 rings (SSSR count). The molecule has 0 saturated heterocycles. The third-order valence-corrected chi connectivity index (χ3v) is 8.71. The fourth-order valence-electron chi connectivity index (χ4n) is 5.56. The molecule has 1 N–H and O–H groups in total. The van der Waals surface area contributed by atoms with Gasteiger partial charge < -0.3 is 5.11 Å². The Bertz CT molecular complexity index is 788. The highest BCUT2D eigenvalue weighted by Gasteiger charge is 2.07. The van der Waals surface area contributed by atoms with Gasteiger partial charge in [0, 0.05) is 0 Å². The molecular formula is C40H72O. The summed E-state index contributed by atoms with van der Waals surface area (Å²) in [5.41, 5.74) is 7.40. The van der Waals surface area contributed by atoms with Gasteiger partial charge in [-0.1, -0.05) is 131 Å². The molecule has 2 unspecified atom stereocenters. The number of hydrogen-bond acceptors (Lipinski definition) is 1. The molecule has 0 aromatic heterocycles. The molecule has 0 aliphatic carbocycles. The van der Waals surface area contributed by atoms with E-state index in [4.69, 9.17) is 5.11 Å². The Kier molecular flexibility index (Phi) is 25.4. The second kappa shape index (κ2) is 26.3. The minimum absolute atomic E-state index is 0.155. The number of allylic oxidation sites excluding steroid dienone is 9. The molecule has 0 fully saturated rings. The van der Waals surface area contributed by atoms with Crippen LogP contribution in [0.4, 0.5) is 0 Å². The van der Waals surface area contributed by atoms with Crippen molar-refractivity contribution in [2.24, 2.45) is 17.8 Å². The molecule has 0 radical (unpaired) electrons. The Balaban J connectivity index is 4.01. The van der Waals surface area contributed by atoms with Crippen LogP contribution in [0.15, 0.2) is 58.2 Å². The summed E-state index contributed by atoms with van der Waals surface area (Å²) in [6.45, 7) is 21.0. The van der Waals surface area contributed by atoms with E-state index in [0.29, 0.717) is 0 Å². The second-order valence-corrected chi connectivity index (χ2v) is 13.9. The predicted octanol–water partition coefficient (Wildman–Crippen LogP) is 13.3. The van der Waals surface area contributed by atoms with Crippen molar-refractivity contribution in [1.29, 1.82) is 0 Å². The van der Waals surface area contributed by atoms with E-state index in [1.807, 2.05) is 6.08 Å². The highest BCUT2D eigenvalue weighted by atomic mass is 16.2. The summed E-state index contributed by atoms with van der Waals surface area (Å²) < 4.78 is 0. The molecule has 0 amide bonds. The van der Waals surface area contributed by atoms with Crippen molar-refractivity contribution in [1.82, 2.24) is 0 Å². The van der Waals surface area contributed by atoms with Crippen molar-refractivity contribution in [2.75, 3.05) is 6.61 Å². The average molecular weight is 569 g/mol. The highest BCUT2D eigenvalue weighted by molar-refractivity contribution is 5.08. The molecule has 2 atom stereocenters. The Morgan fingerprint density at radius 3 is 1.12 bits per heavy atom. The van der Waals surface area contributed by atoms with E-state index in [1.54, 1.807) is 11.1 Å². The Morgan fingerprint density at radius 1 is 0.439 bits per heavy atom. The molecule has 0 spiro atoms. The lowest BCUT2D eigenvalue weighted by Gasteiger charge is -2.15. The maximum Gasteiger partial charge on any atom is 0.0614 e. The lowest BCUT2D eigenvalue weighted by Crippen LogP contribution is -2.00. The smallest absolute Gasteiger partial charge is 0.0614 e. The molecule has 0 aliphatic rings. The van der Waals surface area contributed by atoms with E-state index in [2.05, 4.69) is 86.6 Å². The van der Waals surface area contributed by atoms with Crippen molar-refractivity contribution in [2.45, 2.75) is 171 Å². The zero-order valence-corrected chi connectivity index (χ0v) is 29.3. The van der Waals surface area contributed by atoms with Crippen LogP contribution in [0.25, 0.3) is 0 Å². The fourth-order valence-corrected chi connectivity index (χ4v) is 5.56. The largest absolute Gasteiger partial charge is 0.392 e. The van der Waals surface area contributed by atoms with Gasteiger partial charge in [0.25, 0.3) is 0 Å². The van der Waals surface area contributed by atoms with E-state index < -0.39 is 0 Å². The molecule has 41 heavy (non-hydrogen) atoms. The van der Waals surface area contributed by atoms with Crippen molar-refractivity contribution in [3.63, 3.8) is 0 Å². The van der Waals surface area contributed by atoms with Crippen LogP contribution in [-0.2, 0) is 0 Å². The lowest BCUT2D eigenvalue weighted by molar-refractivity contribution is 0.341. The fraction of sp³-hybridized carbons (Fsp3) is 0.750. The summed E-state index contributed by atoms with van der Waals surface area (Å²) in [6.07, 6.45) is 33.3. The van der Waals surface area contributed by atoms with E-state index >= 15 is 0 Å². The molecule has 1 heteroatoms. The first kappa shape index (κ1) is 39.7. The topological polar surface area (TPSA) is 20.2 Å². The van der Waals surface area contributed by atoms with E-state index in [0.717, 1.165) is 49.9 Å². The molecule has 0 bridgehead atoms. The van der Waals surface area contributed by atoms with Gasteiger partial charge in [0.05, 0.1) is 6.61 Å². The maximum absolute atomic E-state index is 8.95. The normalized spacial score (nSPS) is 15.6. The van der Waals surface area contributed by atoms with E-state index in [9.17, 15) is 0 Å². The molecule has 0 saturated carbocycles. The van der Waals surface area contributed by atoms with Gasteiger partial charge in [0.1, 0.15) is 0 Å². The number of hydrogen-bond donors (Lipinski definition) is 1. The molecule has 0 aromatic carbocycles. The number of rotatable bonds is 25. The summed E-state index contributed by atoms with van der Waals surface area (Å²) >= 11 is 0. The zero-order chi connectivity index (χ0) is 30.9.